The zero-order chi connectivity index (χ0) is 14.6. The van der Waals surface area contributed by atoms with E-state index in [2.05, 4.69) is 32.7 Å². The smallest absolute Gasteiger partial charge is 0.153 e. The van der Waals surface area contributed by atoms with Crippen LogP contribution in [0.1, 0.15) is 46.1 Å². The molecule has 0 bridgehead atoms. The van der Waals surface area contributed by atoms with Gasteiger partial charge in [-0.3, -0.25) is 0 Å². The van der Waals surface area contributed by atoms with E-state index in [1.54, 1.807) is 6.07 Å². The number of nitrogens with two attached hydrogens (primary N) is 1. The number of halogens is 2. The molecule has 1 rings (SSSR count). The van der Waals surface area contributed by atoms with Crippen LogP contribution < -0.4 is 5.73 Å². The van der Waals surface area contributed by atoms with Crippen LogP contribution in [0.15, 0.2) is 6.07 Å². The number of ether oxygens (including phenoxy) is 1. The van der Waals surface area contributed by atoms with Crippen LogP contribution in [-0.4, -0.2) is 16.7 Å². The Morgan fingerprint density at radius 2 is 2.00 bits per heavy atom. The molecule has 1 atom stereocenters. The van der Waals surface area contributed by atoms with E-state index in [1.807, 2.05) is 0 Å². The van der Waals surface area contributed by atoms with Crippen molar-refractivity contribution in [1.82, 2.24) is 4.98 Å². The second-order valence-corrected chi connectivity index (χ2v) is 6.49. The first kappa shape index (κ1) is 16.5. The van der Waals surface area contributed by atoms with Crippen LogP contribution in [0, 0.1) is 0 Å². The topological polar surface area (TPSA) is 48.1 Å². The summed E-state index contributed by atoms with van der Waals surface area (Å²) >= 11 is 11.8. The van der Waals surface area contributed by atoms with Gasteiger partial charge >= 0.3 is 0 Å². The van der Waals surface area contributed by atoms with Crippen molar-refractivity contribution in [3.8, 4) is 0 Å². The first-order chi connectivity index (χ1) is 8.69. The van der Waals surface area contributed by atoms with E-state index in [-0.39, 0.29) is 16.9 Å². The van der Waals surface area contributed by atoms with Crippen molar-refractivity contribution in [3.05, 3.63) is 21.9 Å². The third kappa shape index (κ3) is 5.98. The molecule has 5 heteroatoms. The predicted octanol–water partition coefficient (Wildman–Crippen LogP) is 4.50. The lowest BCUT2D eigenvalue weighted by molar-refractivity contribution is -0.0547. The summed E-state index contributed by atoms with van der Waals surface area (Å²) < 4.78 is 5.86. The Morgan fingerprint density at radius 3 is 2.58 bits per heavy atom. The minimum absolute atomic E-state index is 0.109. The van der Waals surface area contributed by atoms with Gasteiger partial charge in [0.15, 0.2) is 5.15 Å². The molecule has 0 aliphatic rings. The van der Waals surface area contributed by atoms with Gasteiger partial charge in [-0.2, -0.15) is 0 Å². The van der Waals surface area contributed by atoms with Gasteiger partial charge in [-0.05, 0) is 58.6 Å². The fourth-order valence-corrected chi connectivity index (χ4v) is 2.46. The van der Waals surface area contributed by atoms with Gasteiger partial charge in [-0.1, -0.05) is 23.2 Å². The van der Waals surface area contributed by atoms with Crippen LogP contribution in [0.4, 0.5) is 5.69 Å². The molecule has 1 unspecified atom stereocenters. The standard InChI is InChI=1S/C14H22Cl2N2O/c1-9(19-14(2,3)4)6-5-7-10-8-11(15)18-13(16)12(10)17/h8-9H,5-7,17H2,1-4H3. The SMILES string of the molecule is CC(CCCc1cc(Cl)nc(Cl)c1N)OC(C)(C)C. The van der Waals surface area contributed by atoms with Crippen LogP contribution in [0.3, 0.4) is 0 Å². The van der Waals surface area contributed by atoms with Gasteiger partial charge < -0.3 is 10.5 Å². The Bertz CT molecular complexity index is 430. The largest absolute Gasteiger partial charge is 0.396 e. The molecule has 1 aromatic rings. The van der Waals surface area contributed by atoms with Crippen molar-refractivity contribution in [2.75, 3.05) is 5.73 Å². The second-order valence-electron chi connectivity index (χ2n) is 5.74. The van der Waals surface area contributed by atoms with Crippen LogP contribution >= 0.6 is 23.2 Å². The van der Waals surface area contributed by atoms with Gasteiger partial charge in [0.1, 0.15) is 5.15 Å². The van der Waals surface area contributed by atoms with Crippen molar-refractivity contribution in [2.24, 2.45) is 0 Å². The zero-order valence-electron chi connectivity index (χ0n) is 12.0. The van der Waals surface area contributed by atoms with E-state index in [4.69, 9.17) is 33.7 Å². The molecule has 0 radical (unpaired) electrons. The molecule has 0 fully saturated rings. The van der Waals surface area contributed by atoms with Gasteiger partial charge in [0.2, 0.25) is 0 Å². The van der Waals surface area contributed by atoms with Gasteiger partial charge in [-0.15, -0.1) is 0 Å². The molecule has 1 heterocycles. The molecule has 1 aromatic heterocycles. The van der Waals surface area contributed by atoms with Crippen molar-refractivity contribution in [2.45, 2.75) is 58.7 Å². The molecule has 0 saturated carbocycles. The normalized spacial score (nSPS) is 13.6. The summed E-state index contributed by atoms with van der Waals surface area (Å²) in [5.41, 5.74) is 7.25. The van der Waals surface area contributed by atoms with Crippen molar-refractivity contribution in [3.63, 3.8) is 0 Å². The lowest BCUT2D eigenvalue weighted by Crippen LogP contribution is -2.25. The minimum Gasteiger partial charge on any atom is -0.396 e. The van der Waals surface area contributed by atoms with E-state index >= 15 is 0 Å². The first-order valence-electron chi connectivity index (χ1n) is 6.47. The number of nitrogen functional groups attached to an aromatic ring is 1. The zero-order valence-corrected chi connectivity index (χ0v) is 13.5. The highest BCUT2D eigenvalue weighted by atomic mass is 35.5. The highest BCUT2D eigenvalue weighted by Crippen LogP contribution is 2.26. The van der Waals surface area contributed by atoms with Crippen LogP contribution in [0.5, 0.6) is 0 Å². The quantitative estimate of drug-likeness (QED) is 0.815. The Labute approximate surface area is 125 Å². The van der Waals surface area contributed by atoms with E-state index in [1.165, 1.54) is 0 Å². The number of anilines is 1. The van der Waals surface area contributed by atoms with Gasteiger partial charge in [0, 0.05) is 0 Å². The summed E-state index contributed by atoms with van der Waals surface area (Å²) in [6, 6.07) is 1.78. The Balaban J connectivity index is 2.50. The average molecular weight is 305 g/mol. The molecule has 0 aromatic carbocycles. The lowest BCUT2D eigenvalue weighted by Gasteiger charge is -2.25. The monoisotopic (exact) mass is 304 g/mol. The summed E-state index contributed by atoms with van der Waals surface area (Å²) in [6.45, 7) is 8.26. The fraction of sp³-hybridized carbons (Fsp3) is 0.643. The predicted molar refractivity (Wildman–Crippen MR) is 81.9 cm³/mol. The summed E-state index contributed by atoms with van der Waals surface area (Å²) in [5.74, 6) is 0. The minimum atomic E-state index is -0.109. The molecule has 0 saturated heterocycles. The van der Waals surface area contributed by atoms with E-state index < -0.39 is 0 Å². The third-order valence-electron chi connectivity index (χ3n) is 2.68. The highest BCUT2D eigenvalue weighted by molar-refractivity contribution is 6.34. The Hall–Kier alpha value is -0.510. The Morgan fingerprint density at radius 1 is 1.37 bits per heavy atom. The lowest BCUT2D eigenvalue weighted by atomic mass is 10.1. The van der Waals surface area contributed by atoms with E-state index in [9.17, 15) is 0 Å². The highest BCUT2D eigenvalue weighted by Gasteiger charge is 2.15. The Kier molecular flexibility index (Phi) is 5.90. The van der Waals surface area contributed by atoms with Gasteiger partial charge in [0.25, 0.3) is 0 Å². The average Bonchev–Trinajstić information content (AvgIpc) is 2.22. The van der Waals surface area contributed by atoms with Gasteiger partial charge in [0.05, 0.1) is 17.4 Å². The van der Waals surface area contributed by atoms with Crippen molar-refractivity contribution in [1.29, 1.82) is 0 Å². The number of hydrogen-bond acceptors (Lipinski definition) is 3. The number of hydrogen-bond donors (Lipinski definition) is 1. The van der Waals surface area contributed by atoms with E-state index in [0.29, 0.717) is 10.8 Å². The van der Waals surface area contributed by atoms with Crippen molar-refractivity contribution < 1.29 is 4.74 Å². The van der Waals surface area contributed by atoms with Crippen LogP contribution in [-0.2, 0) is 11.2 Å². The number of rotatable bonds is 5. The van der Waals surface area contributed by atoms with Crippen molar-refractivity contribution >= 4 is 28.9 Å². The van der Waals surface area contributed by atoms with Crippen LogP contribution in [0.2, 0.25) is 10.3 Å². The summed E-state index contributed by atoms with van der Waals surface area (Å²) in [6.07, 6.45) is 2.98. The number of pyridine rings is 1. The number of aromatic nitrogens is 1. The first-order valence-corrected chi connectivity index (χ1v) is 7.23. The molecule has 108 valence electrons. The fourth-order valence-electron chi connectivity index (χ4n) is 1.99. The molecule has 0 aliphatic carbocycles. The number of aryl methyl sites for hydroxylation is 1. The summed E-state index contributed by atoms with van der Waals surface area (Å²) in [5, 5.41) is 0.662. The maximum Gasteiger partial charge on any atom is 0.153 e. The van der Waals surface area contributed by atoms with E-state index in [0.717, 1.165) is 24.8 Å². The molecule has 0 spiro atoms. The van der Waals surface area contributed by atoms with Gasteiger partial charge in [-0.25, -0.2) is 4.98 Å². The molecular formula is C14H22Cl2N2O. The van der Waals surface area contributed by atoms with Crippen LogP contribution in [0.25, 0.3) is 0 Å². The maximum atomic E-state index is 5.90. The summed E-state index contributed by atoms with van der Waals surface area (Å²) in [4.78, 5) is 3.91. The number of nitrogens with zero attached hydrogens (tertiary/aromatic N) is 1. The second kappa shape index (κ2) is 6.78. The molecule has 2 N–H and O–H groups in total. The molecule has 3 nitrogen and oxygen atoms in total. The maximum absolute atomic E-state index is 5.90. The molecule has 0 aliphatic heterocycles. The summed E-state index contributed by atoms with van der Waals surface area (Å²) in [7, 11) is 0. The molecule has 0 amide bonds. The molecular weight excluding hydrogens is 283 g/mol. The third-order valence-corrected chi connectivity index (χ3v) is 3.16. The molecule has 19 heavy (non-hydrogen) atoms.